The highest BCUT2D eigenvalue weighted by atomic mass is 35.5. The number of thioether (sulfide) groups is 1. The number of ketones is 1. The lowest BCUT2D eigenvalue weighted by atomic mass is 9.99. The zero-order valence-corrected chi connectivity index (χ0v) is 18.6. The van der Waals surface area contributed by atoms with Gasteiger partial charge < -0.3 is 0 Å². The summed E-state index contributed by atoms with van der Waals surface area (Å²) < 4.78 is 0. The van der Waals surface area contributed by atoms with Gasteiger partial charge in [0.05, 0.1) is 10.0 Å². The summed E-state index contributed by atoms with van der Waals surface area (Å²) in [6.07, 6.45) is 0.345. The number of Topliss-reactive ketones (excluding diaryl/α,β-unsaturated/α-hetero) is 1. The van der Waals surface area contributed by atoms with Gasteiger partial charge in [-0.25, -0.2) is 0 Å². The Hall–Kier alpha value is -1.45. The molecule has 1 nitrogen and oxygen atoms in total. The van der Waals surface area contributed by atoms with Gasteiger partial charge in [0.25, 0.3) is 0 Å². The molecule has 0 spiro atoms. The van der Waals surface area contributed by atoms with Crippen molar-refractivity contribution in [3.05, 3.63) is 98.0 Å². The summed E-state index contributed by atoms with van der Waals surface area (Å²) in [7, 11) is 0. The van der Waals surface area contributed by atoms with Crippen LogP contribution >= 0.6 is 46.6 Å². The molecule has 0 aliphatic heterocycles. The predicted molar refractivity (Wildman–Crippen MR) is 121 cm³/mol. The second-order valence-electron chi connectivity index (χ2n) is 6.64. The molecule has 0 saturated carbocycles. The third-order valence-corrected chi connectivity index (χ3v) is 7.13. The van der Waals surface area contributed by atoms with Gasteiger partial charge in [-0.15, -0.1) is 11.8 Å². The number of rotatable bonds is 6. The van der Waals surface area contributed by atoms with Gasteiger partial charge in [-0.3, -0.25) is 4.79 Å². The van der Waals surface area contributed by atoms with E-state index in [-0.39, 0.29) is 11.0 Å². The fourth-order valence-electron chi connectivity index (χ4n) is 2.83. The Morgan fingerprint density at radius 2 is 1.64 bits per heavy atom. The molecule has 3 aromatic carbocycles. The van der Waals surface area contributed by atoms with Crippen molar-refractivity contribution in [3.63, 3.8) is 0 Å². The van der Waals surface area contributed by atoms with Gasteiger partial charge in [0.1, 0.15) is 0 Å². The summed E-state index contributed by atoms with van der Waals surface area (Å²) in [4.78, 5) is 13.9. The van der Waals surface area contributed by atoms with Gasteiger partial charge in [0.2, 0.25) is 0 Å². The maximum atomic E-state index is 13.0. The van der Waals surface area contributed by atoms with E-state index in [1.54, 1.807) is 6.07 Å². The van der Waals surface area contributed by atoms with Crippen molar-refractivity contribution in [1.82, 2.24) is 0 Å². The summed E-state index contributed by atoms with van der Waals surface area (Å²) in [5.41, 5.74) is 4.02. The fourth-order valence-corrected chi connectivity index (χ4v) is 4.66. The number of benzene rings is 3. The zero-order valence-electron chi connectivity index (χ0n) is 15.5. The molecule has 0 saturated heterocycles. The summed E-state index contributed by atoms with van der Waals surface area (Å²) in [5.74, 6) is 0.0914. The topological polar surface area (TPSA) is 17.1 Å². The number of halogens is 3. The van der Waals surface area contributed by atoms with Crippen molar-refractivity contribution < 1.29 is 4.79 Å². The van der Waals surface area contributed by atoms with Crippen molar-refractivity contribution in [2.75, 3.05) is 0 Å². The predicted octanol–water partition coefficient (Wildman–Crippen LogP) is 8.37. The van der Waals surface area contributed by atoms with Crippen LogP contribution in [0.4, 0.5) is 0 Å². The van der Waals surface area contributed by atoms with Crippen LogP contribution in [0.3, 0.4) is 0 Å². The Morgan fingerprint density at radius 1 is 0.929 bits per heavy atom. The summed E-state index contributed by atoms with van der Waals surface area (Å²) >= 11 is 20.1. The average molecular weight is 450 g/mol. The Kier molecular flexibility index (Phi) is 7.11. The number of hydrogen-bond donors (Lipinski definition) is 0. The molecule has 0 fully saturated rings. The van der Waals surface area contributed by atoms with Crippen molar-refractivity contribution in [1.29, 1.82) is 0 Å². The van der Waals surface area contributed by atoms with Crippen LogP contribution in [0.2, 0.25) is 15.1 Å². The monoisotopic (exact) mass is 448 g/mol. The second kappa shape index (κ2) is 9.37. The minimum atomic E-state index is -0.109. The molecule has 3 aromatic rings. The Bertz CT molecular complexity index is 999. The molecule has 0 aromatic heterocycles. The van der Waals surface area contributed by atoms with E-state index in [1.807, 2.05) is 68.4 Å². The lowest BCUT2D eigenvalue weighted by Gasteiger charge is -2.18. The first-order valence-corrected chi connectivity index (χ1v) is 10.8. The molecule has 0 amide bonds. The van der Waals surface area contributed by atoms with Crippen LogP contribution < -0.4 is 0 Å². The maximum absolute atomic E-state index is 13.0. The molecule has 1 unspecified atom stereocenters. The molecule has 0 bridgehead atoms. The lowest BCUT2D eigenvalue weighted by molar-refractivity contribution is 0.0982. The molecule has 0 N–H and O–H groups in total. The smallest absolute Gasteiger partial charge is 0.164 e. The first-order chi connectivity index (χ1) is 13.3. The molecular formula is C23H19Cl3OS. The zero-order chi connectivity index (χ0) is 20.3. The first kappa shape index (κ1) is 21.3. The van der Waals surface area contributed by atoms with E-state index in [2.05, 4.69) is 0 Å². The van der Waals surface area contributed by atoms with Crippen LogP contribution in [0.15, 0.2) is 65.6 Å². The number of aryl methyl sites for hydroxylation is 2. The van der Waals surface area contributed by atoms with Gasteiger partial charge in [0, 0.05) is 27.2 Å². The molecule has 5 heteroatoms. The van der Waals surface area contributed by atoms with Crippen LogP contribution in [0, 0.1) is 13.8 Å². The minimum absolute atomic E-state index is 0.0914. The molecule has 0 radical (unpaired) electrons. The highest BCUT2D eigenvalue weighted by Gasteiger charge is 2.21. The van der Waals surface area contributed by atoms with Crippen molar-refractivity contribution in [2.24, 2.45) is 0 Å². The Morgan fingerprint density at radius 3 is 2.32 bits per heavy atom. The average Bonchev–Trinajstić information content (AvgIpc) is 2.67. The third kappa shape index (κ3) is 5.12. The highest BCUT2D eigenvalue weighted by molar-refractivity contribution is 7.99. The Labute approximate surface area is 185 Å². The molecule has 1 atom stereocenters. The largest absolute Gasteiger partial charge is 0.294 e. The third-order valence-electron chi connectivity index (χ3n) is 4.63. The van der Waals surface area contributed by atoms with E-state index in [4.69, 9.17) is 34.8 Å². The number of carbonyl (C=O) groups is 1. The molecule has 0 aliphatic rings. The molecule has 3 rings (SSSR count). The minimum Gasteiger partial charge on any atom is -0.294 e. The van der Waals surface area contributed by atoms with Gasteiger partial charge in [0.15, 0.2) is 5.78 Å². The Balaban J connectivity index is 1.91. The van der Waals surface area contributed by atoms with E-state index in [0.29, 0.717) is 21.5 Å². The van der Waals surface area contributed by atoms with E-state index >= 15 is 0 Å². The van der Waals surface area contributed by atoms with E-state index < -0.39 is 0 Å². The number of carbonyl (C=O) groups excluding carboxylic acids is 1. The molecular weight excluding hydrogens is 431 g/mol. The van der Waals surface area contributed by atoms with Crippen LogP contribution in [-0.2, 0) is 0 Å². The summed E-state index contributed by atoms with van der Waals surface area (Å²) in [5, 5.41) is 1.56. The lowest BCUT2D eigenvalue weighted by Crippen LogP contribution is -2.06. The highest BCUT2D eigenvalue weighted by Crippen LogP contribution is 2.43. The van der Waals surface area contributed by atoms with Gasteiger partial charge in [-0.05, 0) is 60.9 Å². The van der Waals surface area contributed by atoms with Crippen LogP contribution in [0.25, 0.3) is 0 Å². The summed E-state index contributed by atoms with van der Waals surface area (Å²) in [6.45, 7) is 4.06. The molecule has 28 heavy (non-hydrogen) atoms. The van der Waals surface area contributed by atoms with Crippen LogP contribution in [-0.4, -0.2) is 5.78 Å². The van der Waals surface area contributed by atoms with Gasteiger partial charge in [-0.2, -0.15) is 0 Å². The quantitative estimate of drug-likeness (QED) is 0.278. The van der Waals surface area contributed by atoms with Crippen molar-refractivity contribution in [3.8, 4) is 0 Å². The first-order valence-electron chi connectivity index (χ1n) is 8.81. The SMILES string of the molecule is Cc1ccc(C(=O)CC(Sc2cccc(Cl)c2Cl)c2ccc(Cl)cc2)cc1C. The van der Waals surface area contributed by atoms with Gasteiger partial charge >= 0.3 is 0 Å². The van der Waals surface area contributed by atoms with Crippen LogP contribution in [0.1, 0.15) is 38.7 Å². The van der Waals surface area contributed by atoms with Crippen molar-refractivity contribution >= 4 is 52.3 Å². The molecule has 0 aliphatic carbocycles. The van der Waals surface area contributed by atoms with Crippen LogP contribution in [0.5, 0.6) is 0 Å². The maximum Gasteiger partial charge on any atom is 0.164 e. The van der Waals surface area contributed by atoms with E-state index in [1.165, 1.54) is 17.3 Å². The van der Waals surface area contributed by atoms with Gasteiger partial charge in [-0.1, -0.05) is 65.1 Å². The standard InChI is InChI=1S/C23H19Cl3OS/c1-14-6-7-17(12-15(14)2)20(27)13-22(16-8-10-18(24)11-9-16)28-21-5-3-4-19(25)23(21)26/h3-12,22H,13H2,1-2H3. The number of hydrogen-bond acceptors (Lipinski definition) is 2. The van der Waals surface area contributed by atoms with E-state index in [9.17, 15) is 4.79 Å². The normalized spacial score (nSPS) is 12.0. The van der Waals surface area contributed by atoms with Crippen molar-refractivity contribution in [2.45, 2.75) is 30.4 Å². The molecule has 0 heterocycles. The van der Waals surface area contributed by atoms with E-state index in [0.717, 1.165) is 21.6 Å². The second-order valence-corrected chi connectivity index (χ2v) is 9.10. The molecule has 144 valence electrons. The summed E-state index contributed by atoms with van der Waals surface area (Å²) in [6, 6.07) is 18.9. The fraction of sp³-hybridized carbons (Fsp3) is 0.174.